The molecule has 1 aliphatic rings. The average molecular weight is 217 g/mol. The number of Topliss-reactive ketones (excluding diaryl/α,β-unsaturated/α-hetero) is 1. The summed E-state index contributed by atoms with van der Waals surface area (Å²) in [6.45, 7) is 5.87. The molecule has 1 aromatic carbocycles. The summed E-state index contributed by atoms with van der Waals surface area (Å²) in [5, 5.41) is 0. The highest BCUT2D eigenvalue weighted by molar-refractivity contribution is 5.76. The summed E-state index contributed by atoms with van der Waals surface area (Å²) in [6.07, 6.45) is 1.81. The summed E-state index contributed by atoms with van der Waals surface area (Å²) >= 11 is 0. The van der Waals surface area contributed by atoms with Gasteiger partial charge in [-0.2, -0.15) is 0 Å². The van der Waals surface area contributed by atoms with Crippen LogP contribution >= 0.6 is 0 Å². The van der Waals surface area contributed by atoms with E-state index in [9.17, 15) is 4.79 Å². The van der Waals surface area contributed by atoms with Gasteiger partial charge in [-0.25, -0.2) is 0 Å². The van der Waals surface area contributed by atoms with E-state index in [0.29, 0.717) is 12.3 Å². The molecule has 2 nitrogen and oxygen atoms in total. The van der Waals surface area contributed by atoms with Crippen LogP contribution in [-0.4, -0.2) is 18.9 Å². The van der Waals surface area contributed by atoms with Crippen LogP contribution in [0.3, 0.4) is 0 Å². The minimum atomic E-state index is 0.274. The first kappa shape index (κ1) is 11.2. The zero-order valence-corrected chi connectivity index (χ0v) is 10.1. The van der Waals surface area contributed by atoms with E-state index in [1.54, 1.807) is 6.92 Å². The highest BCUT2D eigenvalue weighted by Gasteiger charge is 2.20. The first-order valence-corrected chi connectivity index (χ1v) is 5.99. The minimum Gasteiger partial charge on any atom is -0.371 e. The topological polar surface area (TPSA) is 20.3 Å². The molecule has 0 aromatic heterocycles. The van der Waals surface area contributed by atoms with Crippen LogP contribution in [0, 0.1) is 5.92 Å². The smallest absolute Gasteiger partial charge is 0.131 e. The summed E-state index contributed by atoms with van der Waals surface area (Å²) in [4.78, 5) is 13.4. The molecule has 2 rings (SSSR count). The molecule has 0 amide bonds. The van der Waals surface area contributed by atoms with E-state index in [1.807, 2.05) is 0 Å². The van der Waals surface area contributed by atoms with Crippen molar-refractivity contribution in [2.24, 2.45) is 5.92 Å². The van der Waals surface area contributed by atoms with Gasteiger partial charge in [-0.3, -0.25) is 4.79 Å². The lowest BCUT2D eigenvalue weighted by molar-refractivity contribution is -0.116. The van der Waals surface area contributed by atoms with Crippen LogP contribution < -0.4 is 4.90 Å². The quantitative estimate of drug-likeness (QED) is 0.775. The Kier molecular flexibility index (Phi) is 3.28. The van der Waals surface area contributed by atoms with E-state index in [1.165, 1.54) is 11.3 Å². The van der Waals surface area contributed by atoms with Crippen LogP contribution in [0.2, 0.25) is 0 Å². The number of para-hydroxylation sites is 1. The van der Waals surface area contributed by atoms with Gasteiger partial charge in [0.2, 0.25) is 0 Å². The van der Waals surface area contributed by atoms with Gasteiger partial charge in [0, 0.05) is 25.2 Å². The molecule has 0 fully saturated rings. The molecule has 0 saturated heterocycles. The Morgan fingerprint density at radius 3 is 2.94 bits per heavy atom. The third kappa shape index (κ3) is 2.43. The normalized spacial score (nSPS) is 19.4. The Morgan fingerprint density at radius 1 is 1.44 bits per heavy atom. The highest BCUT2D eigenvalue weighted by Crippen LogP contribution is 2.29. The number of carbonyl (C=O) groups is 1. The van der Waals surface area contributed by atoms with Crippen molar-refractivity contribution in [1.29, 1.82) is 0 Å². The molecule has 2 heteroatoms. The van der Waals surface area contributed by atoms with E-state index in [-0.39, 0.29) is 5.78 Å². The average Bonchev–Trinajstić information content (AvgIpc) is 2.25. The standard InChI is InChI=1S/C14H19NO/c1-11-9-13-5-3-4-6-14(13)15(10-11)8-7-12(2)16/h3-6,11H,7-10H2,1-2H3. The molecule has 1 atom stereocenters. The summed E-state index contributed by atoms with van der Waals surface area (Å²) in [6, 6.07) is 8.54. The predicted molar refractivity (Wildman–Crippen MR) is 66.8 cm³/mol. The molecule has 1 aliphatic heterocycles. The fraction of sp³-hybridized carbons (Fsp3) is 0.500. The minimum absolute atomic E-state index is 0.274. The molecule has 16 heavy (non-hydrogen) atoms. The molecule has 0 bridgehead atoms. The number of ketones is 1. The van der Waals surface area contributed by atoms with Gasteiger partial charge in [-0.05, 0) is 30.9 Å². The largest absolute Gasteiger partial charge is 0.371 e. The van der Waals surface area contributed by atoms with Crippen molar-refractivity contribution in [2.45, 2.75) is 26.7 Å². The molecular formula is C14H19NO. The van der Waals surface area contributed by atoms with Gasteiger partial charge in [0.1, 0.15) is 5.78 Å². The Balaban J connectivity index is 2.16. The zero-order chi connectivity index (χ0) is 11.5. The van der Waals surface area contributed by atoms with Gasteiger partial charge >= 0.3 is 0 Å². The Bertz CT molecular complexity index is 386. The Hall–Kier alpha value is -1.31. The van der Waals surface area contributed by atoms with E-state index in [0.717, 1.165) is 19.5 Å². The van der Waals surface area contributed by atoms with Crippen molar-refractivity contribution >= 4 is 11.5 Å². The number of anilines is 1. The van der Waals surface area contributed by atoms with Crippen molar-refractivity contribution in [2.75, 3.05) is 18.0 Å². The monoisotopic (exact) mass is 217 g/mol. The molecule has 0 N–H and O–H groups in total. The summed E-state index contributed by atoms with van der Waals surface area (Å²) in [7, 11) is 0. The molecular weight excluding hydrogens is 198 g/mol. The molecule has 1 aromatic rings. The number of hydrogen-bond acceptors (Lipinski definition) is 2. The predicted octanol–water partition coefficient (Wildman–Crippen LogP) is 2.66. The van der Waals surface area contributed by atoms with Crippen LogP contribution in [-0.2, 0) is 11.2 Å². The lowest BCUT2D eigenvalue weighted by Crippen LogP contribution is -2.35. The van der Waals surface area contributed by atoms with Crippen molar-refractivity contribution in [1.82, 2.24) is 0 Å². The van der Waals surface area contributed by atoms with Gasteiger partial charge in [0.05, 0.1) is 0 Å². The summed E-state index contributed by atoms with van der Waals surface area (Å²) in [5.41, 5.74) is 2.74. The van der Waals surface area contributed by atoms with E-state index in [4.69, 9.17) is 0 Å². The van der Waals surface area contributed by atoms with Gasteiger partial charge in [-0.15, -0.1) is 0 Å². The first-order chi connectivity index (χ1) is 7.66. The molecule has 0 aliphatic carbocycles. The third-order valence-corrected chi connectivity index (χ3v) is 3.17. The Morgan fingerprint density at radius 2 is 2.19 bits per heavy atom. The zero-order valence-electron chi connectivity index (χ0n) is 10.1. The van der Waals surface area contributed by atoms with Gasteiger partial charge in [0.15, 0.2) is 0 Å². The third-order valence-electron chi connectivity index (χ3n) is 3.17. The number of benzene rings is 1. The number of nitrogens with zero attached hydrogens (tertiary/aromatic N) is 1. The van der Waals surface area contributed by atoms with Gasteiger partial charge in [0.25, 0.3) is 0 Å². The maximum atomic E-state index is 11.1. The second-order valence-corrected chi connectivity index (χ2v) is 4.84. The van der Waals surface area contributed by atoms with Gasteiger partial charge in [-0.1, -0.05) is 25.1 Å². The van der Waals surface area contributed by atoms with Crippen LogP contribution in [0.5, 0.6) is 0 Å². The van der Waals surface area contributed by atoms with Crippen molar-refractivity contribution in [3.8, 4) is 0 Å². The molecule has 1 heterocycles. The Labute approximate surface area is 97.3 Å². The number of hydrogen-bond donors (Lipinski definition) is 0. The summed E-state index contributed by atoms with van der Waals surface area (Å²) < 4.78 is 0. The van der Waals surface area contributed by atoms with Crippen molar-refractivity contribution in [3.63, 3.8) is 0 Å². The van der Waals surface area contributed by atoms with E-state index >= 15 is 0 Å². The number of carbonyl (C=O) groups excluding carboxylic acids is 1. The van der Waals surface area contributed by atoms with Gasteiger partial charge < -0.3 is 4.90 Å². The lowest BCUT2D eigenvalue weighted by Gasteiger charge is -2.34. The van der Waals surface area contributed by atoms with E-state index < -0.39 is 0 Å². The summed E-state index contributed by atoms with van der Waals surface area (Å²) in [5.74, 6) is 0.956. The van der Waals surface area contributed by atoms with Crippen molar-refractivity contribution < 1.29 is 4.79 Å². The van der Waals surface area contributed by atoms with Crippen molar-refractivity contribution in [3.05, 3.63) is 29.8 Å². The lowest BCUT2D eigenvalue weighted by atomic mass is 9.94. The van der Waals surface area contributed by atoms with E-state index in [2.05, 4.69) is 36.1 Å². The number of rotatable bonds is 3. The second-order valence-electron chi connectivity index (χ2n) is 4.84. The fourth-order valence-corrected chi connectivity index (χ4v) is 2.41. The molecule has 86 valence electrons. The fourth-order valence-electron chi connectivity index (χ4n) is 2.41. The molecule has 0 spiro atoms. The molecule has 0 saturated carbocycles. The first-order valence-electron chi connectivity index (χ1n) is 5.99. The maximum absolute atomic E-state index is 11.1. The maximum Gasteiger partial charge on any atom is 0.131 e. The van der Waals surface area contributed by atoms with Crippen LogP contribution in [0.1, 0.15) is 25.8 Å². The molecule has 0 radical (unpaired) electrons. The van der Waals surface area contributed by atoms with Crippen LogP contribution in [0.4, 0.5) is 5.69 Å². The van der Waals surface area contributed by atoms with Crippen LogP contribution in [0.15, 0.2) is 24.3 Å². The second kappa shape index (κ2) is 4.69. The van der Waals surface area contributed by atoms with Crippen LogP contribution in [0.25, 0.3) is 0 Å². The SMILES string of the molecule is CC(=O)CCN1CC(C)Cc2ccccc21. The number of fused-ring (bicyclic) bond motifs is 1. The highest BCUT2D eigenvalue weighted by atomic mass is 16.1. The molecule has 1 unspecified atom stereocenters.